The Kier molecular flexibility index (Phi) is 6.77. The highest BCUT2D eigenvalue weighted by atomic mass is 19.3. The van der Waals surface area contributed by atoms with E-state index in [-0.39, 0.29) is 17.1 Å². The van der Waals surface area contributed by atoms with Gasteiger partial charge in [0.05, 0.1) is 11.6 Å². The van der Waals surface area contributed by atoms with Crippen molar-refractivity contribution < 1.29 is 36.6 Å². The number of rotatable bonds is 7. The van der Waals surface area contributed by atoms with E-state index >= 15 is 0 Å². The van der Waals surface area contributed by atoms with Crippen LogP contribution in [-0.2, 0) is 4.79 Å². The summed E-state index contributed by atoms with van der Waals surface area (Å²) in [6, 6.07) is 10.7. The van der Waals surface area contributed by atoms with Crippen molar-refractivity contribution in [1.29, 1.82) is 5.26 Å². The van der Waals surface area contributed by atoms with Crippen molar-refractivity contribution in [2.45, 2.75) is 13.2 Å². The van der Waals surface area contributed by atoms with Crippen LogP contribution in [0.3, 0.4) is 0 Å². The second kappa shape index (κ2) is 9.24. The van der Waals surface area contributed by atoms with Gasteiger partial charge in [-0.3, -0.25) is 0 Å². The summed E-state index contributed by atoms with van der Waals surface area (Å²) in [6.45, 7) is -6.34. The molecule has 0 aliphatic heterocycles. The molecule has 2 aromatic carbocycles. The largest absolute Gasteiger partial charge is 0.435 e. The molecule has 0 saturated carbocycles. The molecule has 0 saturated heterocycles. The number of nitriles is 1. The first-order valence-electron chi connectivity index (χ1n) is 7.31. The molecule has 0 amide bonds. The van der Waals surface area contributed by atoms with Gasteiger partial charge in [0, 0.05) is 17.7 Å². The molecule has 0 heterocycles. The van der Waals surface area contributed by atoms with Gasteiger partial charge in [-0.1, -0.05) is 0 Å². The van der Waals surface area contributed by atoms with Gasteiger partial charge in [-0.25, -0.2) is 4.79 Å². The number of benzene rings is 2. The van der Waals surface area contributed by atoms with Crippen molar-refractivity contribution in [3.63, 3.8) is 0 Å². The van der Waals surface area contributed by atoms with Gasteiger partial charge < -0.3 is 14.2 Å². The highest BCUT2D eigenvalue weighted by Gasteiger charge is 2.12. The number of carbonyl (C=O) groups is 1. The Bertz CT molecular complexity index is 861. The summed E-state index contributed by atoms with van der Waals surface area (Å²) in [5, 5.41) is 8.69. The zero-order valence-corrected chi connectivity index (χ0v) is 13.4. The predicted molar refractivity (Wildman–Crippen MR) is 85.5 cm³/mol. The van der Waals surface area contributed by atoms with Gasteiger partial charge in [0.2, 0.25) is 0 Å². The molecule has 2 rings (SSSR count). The van der Waals surface area contributed by atoms with E-state index in [1.807, 2.05) is 6.07 Å². The number of hydrogen-bond acceptors (Lipinski definition) is 5. The van der Waals surface area contributed by atoms with Crippen LogP contribution in [-0.4, -0.2) is 19.2 Å². The first-order valence-corrected chi connectivity index (χ1v) is 7.31. The van der Waals surface area contributed by atoms with Gasteiger partial charge in [-0.15, -0.1) is 0 Å². The predicted octanol–water partition coefficient (Wildman–Crippen LogP) is 4.38. The van der Waals surface area contributed by atoms with Gasteiger partial charge in [-0.05, 0) is 42.5 Å². The SMILES string of the molecule is N#Cc1ccc(OC(=O)/C=C/c2ccc(OC(F)F)cc2OC(F)F)cc1. The molecule has 9 heteroatoms. The van der Waals surface area contributed by atoms with E-state index in [0.717, 1.165) is 24.3 Å². The van der Waals surface area contributed by atoms with E-state index in [1.54, 1.807) is 0 Å². The average molecular weight is 381 g/mol. The van der Waals surface area contributed by atoms with E-state index in [1.165, 1.54) is 30.3 Å². The number of halogens is 4. The fourth-order valence-electron chi connectivity index (χ4n) is 1.93. The summed E-state index contributed by atoms with van der Waals surface area (Å²) in [5.41, 5.74) is 0.402. The summed E-state index contributed by atoms with van der Waals surface area (Å²) >= 11 is 0. The molecule has 0 unspecified atom stereocenters. The molecule has 0 N–H and O–H groups in total. The Hall–Kier alpha value is -3.54. The van der Waals surface area contributed by atoms with Crippen molar-refractivity contribution in [2.75, 3.05) is 0 Å². The van der Waals surface area contributed by atoms with E-state index in [9.17, 15) is 22.4 Å². The maximum Gasteiger partial charge on any atom is 0.387 e. The van der Waals surface area contributed by atoms with E-state index in [0.29, 0.717) is 5.56 Å². The minimum atomic E-state index is -3.20. The first kappa shape index (κ1) is 19.8. The number of esters is 1. The van der Waals surface area contributed by atoms with Crippen LogP contribution in [0.5, 0.6) is 17.2 Å². The van der Waals surface area contributed by atoms with Crippen LogP contribution in [0.15, 0.2) is 48.5 Å². The highest BCUT2D eigenvalue weighted by molar-refractivity contribution is 5.89. The lowest BCUT2D eigenvalue weighted by Crippen LogP contribution is -2.06. The van der Waals surface area contributed by atoms with Crippen molar-refractivity contribution in [1.82, 2.24) is 0 Å². The Morgan fingerprint density at radius 2 is 1.59 bits per heavy atom. The van der Waals surface area contributed by atoms with Gasteiger partial charge >= 0.3 is 19.2 Å². The average Bonchev–Trinajstić information content (AvgIpc) is 2.60. The molecule has 27 heavy (non-hydrogen) atoms. The maximum absolute atomic E-state index is 12.5. The second-order valence-corrected chi connectivity index (χ2v) is 4.85. The van der Waals surface area contributed by atoms with Gasteiger partial charge in [0.15, 0.2) is 0 Å². The van der Waals surface area contributed by atoms with E-state index < -0.39 is 24.9 Å². The Labute approximate surface area is 151 Å². The third-order valence-corrected chi connectivity index (χ3v) is 3.03. The molecule has 0 aromatic heterocycles. The lowest BCUT2D eigenvalue weighted by Gasteiger charge is -2.11. The number of alkyl halides is 4. The monoisotopic (exact) mass is 381 g/mol. The van der Waals surface area contributed by atoms with Gasteiger partial charge in [0.1, 0.15) is 17.2 Å². The normalized spacial score (nSPS) is 10.9. The maximum atomic E-state index is 12.5. The fourth-order valence-corrected chi connectivity index (χ4v) is 1.93. The van der Waals surface area contributed by atoms with Crippen LogP contribution in [0.4, 0.5) is 17.6 Å². The smallest absolute Gasteiger partial charge is 0.387 e. The molecule has 0 radical (unpaired) electrons. The fraction of sp³-hybridized carbons (Fsp3) is 0.111. The van der Waals surface area contributed by atoms with Crippen LogP contribution >= 0.6 is 0 Å². The van der Waals surface area contributed by atoms with Crippen LogP contribution in [0.1, 0.15) is 11.1 Å². The van der Waals surface area contributed by atoms with Crippen LogP contribution < -0.4 is 14.2 Å². The molecule has 0 spiro atoms. The zero-order valence-electron chi connectivity index (χ0n) is 13.4. The highest BCUT2D eigenvalue weighted by Crippen LogP contribution is 2.28. The number of nitrogens with zero attached hydrogens (tertiary/aromatic N) is 1. The molecule has 0 atom stereocenters. The third-order valence-electron chi connectivity index (χ3n) is 3.03. The number of carbonyl (C=O) groups excluding carboxylic acids is 1. The molecular formula is C18H11F4NO4. The van der Waals surface area contributed by atoms with Crippen molar-refractivity contribution in [2.24, 2.45) is 0 Å². The summed E-state index contributed by atoms with van der Waals surface area (Å²) < 4.78 is 62.8. The molecule has 0 aliphatic rings. The van der Waals surface area contributed by atoms with E-state index in [2.05, 4.69) is 9.47 Å². The summed E-state index contributed by atoms with van der Waals surface area (Å²) in [5.74, 6) is -1.48. The van der Waals surface area contributed by atoms with Crippen LogP contribution in [0, 0.1) is 11.3 Å². The molecule has 0 bridgehead atoms. The molecule has 0 aliphatic carbocycles. The van der Waals surface area contributed by atoms with E-state index in [4.69, 9.17) is 10.00 Å². The number of ether oxygens (including phenoxy) is 3. The van der Waals surface area contributed by atoms with Gasteiger partial charge in [0.25, 0.3) is 0 Å². The van der Waals surface area contributed by atoms with Crippen molar-refractivity contribution in [3.8, 4) is 23.3 Å². The third kappa shape index (κ3) is 6.36. The Balaban J connectivity index is 2.13. The summed E-state index contributed by atoms with van der Waals surface area (Å²) in [4.78, 5) is 11.8. The Morgan fingerprint density at radius 3 is 2.19 bits per heavy atom. The van der Waals surface area contributed by atoms with Crippen LogP contribution in [0.25, 0.3) is 6.08 Å². The molecular weight excluding hydrogens is 370 g/mol. The lowest BCUT2D eigenvalue weighted by atomic mass is 10.1. The Morgan fingerprint density at radius 1 is 0.963 bits per heavy atom. The minimum Gasteiger partial charge on any atom is -0.435 e. The molecule has 5 nitrogen and oxygen atoms in total. The standard InChI is InChI=1S/C18H11F4NO4/c19-17(20)26-14-7-3-12(15(9-14)27-18(21)22)4-8-16(24)25-13-5-1-11(10-23)2-6-13/h1-9,17-18H/b8-4+. The lowest BCUT2D eigenvalue weighted by molar-refractivity contribution is -0.128. The van der Waals surface area contributed by atoms with Crippen molar-refractivity contribution >= 4 is 12.0 Å². The van der Waals surface area contributed by atoms with Gasteiger partial charge in [-0.2, -0.15) is 22.8 Å². The summed E-state index contributed by atoms with van der Waals surface area (Å²) in [7, 11) is 0. The topological polar surface area (TPSA) is 68.5 Å². The van der Waals surface area contributed by atoms with Crippen molar-refractivity contribution in [3.05, 3.63) is 59.7 Å². The number of hydrogen-bond donors (Lipinski definition) is 0. The molecule has 2 aromatic rings. The summed E-state index contributed by atoms with van der Waals surface area (Å²) in [6.07, 6.45) is 2.06. The van der Waals surface area contributed by atoms with Crippen LogP contribution in [0.2, 0.25) is 0 Å². The second-order valence-electron chi connectivity index (χ2n) is 4.85. The quantitative estimate of drug-likeness (QED) is 0.308. The molecule has 140 valence electrons. The first-order chi connectivity index (χ1) is 12.9. The molecule has 0 fully saturated rings. The zero-order chi connectivity index (χ0) is 19.8. The minimum absolute atomic E-state index is 0.0219.